The predicted octanol–water partition coefficient (Wildman–Crippen LogP) is 2.90. The molecule has 82 valence electrons. The van der Waals surface area contributed by atoms with Gasteiger partial charge >= 0.3 is 0 Å². The normalized spacial score (nSPS) is 11.5. The van der Waals surface area contributed by atoms with Gasteiger partial charge in [0.05, 0.1) is 5.56 Å². The van der Waals surface area contributed by atoms with Gasteiger partial charge in [0.1, 0.15) is 0 Å². The van der Waals surface area contributed by atoms with Crippen molar-refractivity contribution in [1.29, 1.82) is 0 Å². The maximum Gasteiger partial charge on any atom is 0.201 e. The van der Waals surface area contributed by atoms with Gasteiger partial charge in [0, 0.05) is 5.41 Å². The van der Waals surface area contributed by atoms with Crippen LogP contribution >= 0.6 is 0 Å². The van der Waals surface area contributed by atoms with Crippen molar-refractivity contribution in [3.63, 3.8) is 0 Å². The van der Waals surface area contributed by atoms with E-state index in [1.807, 2.05) is 0 Å². The van der Waals surface area contributed by atoms with E-state index >= 15 is 0 Å². The maximum atomic E-state index is 13.3. The third-order valence-corrected chi connectivity index (χ3v) is 1.99. The molecule has 0 radical (unpaired) electrons. The molecule has 0 spiro atoms. The standard InChI is InChI=1S/C11H12F2O2/c1-11(2,3)10(15)6-4-5-7(14)9(13)8(6)12/h4-5,14H,1-3H3. The molecule has 0 bridgehead atoms. The fraction of sp³-hybridized carbons (Fsp3) is 0.364. The van der Waals surface area contributed by atoms with E-state index in [1.54, 1.807) is 20.8 Å². The van der Waals surface area contributed by atoms with Crippen molar-refractivity contribution in [3.05, 3.63) is 29.3 Å². The second-order valence-electron chi connectivity index (χ2n) is 4.34. The molecule has 0 fully saturated rings. The fourth-order valence-electron chi connectivity index (χ4n) is 1.12. The van der Waals surface area contributed by atoms with Crippen LogP contribution < -0.4 is 0 Å². The highest BCUT2D eigenvalue weighted by Crippen LogP contribution is 2.27. The number of Topliss-reactive ketones (excluding diaryl/α,β-unsaturated/α-hetero) is 1. The van der Waals surface area contributed by atoms with Crippen molar-refractivity contribution < 1.29 is 18.7 Å². The van der Waals surface area contributed by atoms with Crippen LogP contribution in [0.4, 0.5) is 8.78 Å². The molecule has 2 nitrogen and oxygen atoms in total. The van der Waals surface area contributed by atoms with Crippen LogP contribution in [0.1, 0.15) is 31.1 Å². The van der Waals surface area contributed by atoms with E-state index in [9.17, 15) is 13.6 Å². The van der Waals surface area contributed by atoms with Crippen molar-refractivity contribution in [2.75, 3.05) is 0 Å². The molecule has 1 rings (SSSR count). The number of carbonyl (C=O) groups is 1. The maximum absolute atomic E-state index is 13.3. The van der Waals surface area contributed by atoms with E-state index in [-0.39, 0.29) is 5.56 Å². The molecular formula is C11H12F2O2. The number of rotatable bonds is 1. The second-order valence-corrected chi connectivity index (χ2v) is 4.34. The highest BCUT2D eigenvalue weighted by atomic mass is 19.2. The van der Waals surface area contributed by atoms with Gasteiger partial charge in [-0.25, -0.2) is 4.39 Å². The Kier molecular flexibility index (Phi) is 2.79. The van der Waals surface area contributed by atoms with Gasteiger partial charge in [-0.2, -0.15) is 4.39 Å². The smallest absolute Gasteiger partial charge is 0.201 e. The van der Waals surface area contributed by atoms with Gasteiger partial charge in [0.2, 0.25) is 5.82 Å². The van der Waals surface area contributed by atoms with E-state index in [0.717, 1.165) is 12.1 Å². The Morgan fingerprint density at radius 1 is 1.20 bits per heavy atom. The summed E-state index contributed by atoms with van der Waals surface area (Å²) in [6, 6.07) is 2.05. The lowest BCUT2D eigenvalue weighted by Gasteiger charge is -2.17. The zero-order valence-electron chi connectivity index (χ0n) is 8.77. The van der Waals surface area contributed by atoms with E-state index in [0.29, 0.717) is 0 Å². The molecule has 0 aliphatic rings. The van der Waals surface area contributed by atoms with Crippen molar-refractivity contribution in [2.24, 2.45) is 5.41 Å². The molecule has 0 aromatic heterocycles. The van der Waals surface area contributed by atoms with Crippen LogP contribution in [0.25, 0.3) is 0 Å². The monoisotopic (exact) mass is 214 g/mol. The number of phenolic OH excluding ortho intramolecular Hbond substituents is 1. The SMILES string of the molecule is CC(C)(C)C(=O)c1ccc(O)c(F)c1F. The molecule has 1 aromatic carbocycles. The first kappa shape index (κ1) is 11.6. The minimum Gasteiger partial charge on any atom is -0.505 e. The number of ketones is 1. The number of halogens is 2. The molecule has 0 saturated carbocycles. The van der Waals surface area contributed by atoms with E-state index in [4.69, 9.17) is 5.11 Å². The van der Waals surface area contributed by atoms with Crippen LogP contribution in [0.3, 0.4) is 0 Å². The minimum atomic E-state index is -1.38. The first-order chi connectivity index (χ1) is 6.75. The molecule has 0 aliphatic carbocycles. The van der Waals surface area contributed by atoms with E-state index in [2.05, 4.69) is 0 Å². The molecule has 1 N–H and O–H groups in total. The summed E-state index contributed by atoms with van der Waals surface area (Å²) >= 11 is 0. The van der Waals surface area contributed by atoms with Crippen LogP contribution in [0.15, 0.2) is 12.1 Å². The Morgan fingerprint density at radius 2 is 1.73 bits per heavy atom. The lowest BCUT2D eigenvalue weighted by molar-refractivity contribution is 0.0852. The summed E-state index contributed by atoms with van der Waals surface area (Å²) in [5, 5.41) is 8.88. The van der Waals surface area contributed by atoms with Crippen molar-refractivity contribution in [2.45, 2.75) is 20.8 Å². The zero-order chi connectivity index (χ0) is 11.8. The Bertz CT molecular complexity index is 406. The summed E-state index contributed by atoms with van der Waals surface area (Å²) < 4.78 is 26.2. The number of hydrogen-bond donors (Lipinski definition) is 1. The molecule has 0 amide bonds. The van der Waals surface area contributed by atoms with Gasteiger partial charge in [0.15, 0.2) is 17.3 Å². The molecule has 0 atom stereocenters. The third-order valence-electron chi connectivity index (χ3n) is 1.99. The van der Waals surface area contributed by atoms with Crippen LogP contribution in [0.5, 0.6) is 5.75 Å². The Labute approximate surface area is 86.5 Å². The van der Waals surface area contributed by atoms with Crippen LogP contribution in [0.2, 0.25) is 0 Å². The van der Waals surface area contributed by atoms with Gasteiger partial charge in [0.25, 0.3) is 0 Å². The lowest BCUT2D eigenvalue weighted by atomic mass is 9.86. The van der Waals surface area contributed by atoms with Crippen LogP contribution in [-0.4, -0.2) is 10.9 Å². The molecule has 0 unspecified atom stereocenters. The molecule has 0 heterocycles. The summed E-state index contributed by atoms with van der Waals surface area (Å²) in [5.41, 5.74) is -1.12. The molecule has 1 aromatic rings. The lowest BCUT2D eigenvalue weighted by Crippen LogP contribution is -2.21. The Balaban J connectivity index is 3.29. The zero-order valence-corrected chi connectivity index (χ0v) is 8.77. The topological polar surface area (TPSA) is 37.3 Å². The average molecular weight is 214 g/mol. The van der Waals surface area contributed by atoms with Gasteiger partial charge in [-0.1, -0.05) is 20.8 Å². The highest BCUT2D eigenvalue weighted by Gasteiger charge is 2.27. The van der Waals surface area contributed by atoms with Crippen molar-refractivity contribution in [1.82, 2.24) is 0 Å². The van der Waals surface area contributed by atoms with E-state index < -0.39 is 28.6 Å². The average Bonchev–Trinajstić information content (AvgIpc) is 2.12. The van der Waals surface area contributed by atoms with Gasteiger partial charge < -0.3 is 5.11 Å². The summed E-state index contributed by atoms with van der Waals surface area (Å²) in [6.45, 7) is 4.83. The second kappa shape index (κ2) is 3.61. The molecular weight excluding hydrogens is 202 g/mol. The number of hydrogen-bond acceptors (Lipinski definition) is 2. The van der Waals surface area contributed by atoms with Crippen molar-refractivity contribution >= 4 is 5.78 Å². The quantitative estimate of drug-likeness (QED) is 0.730. The third kappa shape index (κ3) is 2.14. The molecule has 4 heteroatoms. The minimum absolute atomic E-state index is 0.335. The van der Waals surface area contributed by atoms with Gasteiger partial charge in [-0.05, 0) is 12.1 Å². The highest BCUT2D eigenvalue weighted by molar-refractivity contribution is 6.00. The van der Waals surface area contributed by atoms with Crippen LogP contribution in [0, 0.1) is 17.0 Å². The summed E-state index contributed by atoms with van der Waals surface area (Å²) in [4.78, 5) is 11.7. The number of benzene rings is 1. The summed E-state index contributed by atoms with van der Waals surface area (Å²) in [6.07, 6.45) is 0. The Hall–Kier alpha value is -1.45. The predicted molar refractivity (Wildman–Crippen MR) is 51.8 cm³/mol. The number of phenols is 1. The van der Waals surface area contributed by atoms with Gasteiger partial charge in [-0.3, -0.25) is 4.79 Å². The first-order valence-electron chi connectivity index (χ1n) is 4.47. The first-order valence-corrected chi connectivity index (χ1v) is 4.47. The van der Waals surface area contributed by atoms with Gasteiger partial charge in [-0.15, -0.1) is 0 Å². The molecule has 15 heavy (non-hydrogen) atoms. The molecule has 0 aliphatic heterocycles. The summed E-state index contributed by atoms with van der Waals surface area (Å²) in [5.74, 6) is -3.98. The van der Waals surface area contributed by atoms with E-state index in [1.165, 1.54) is 0 Å². The Morgan fingerprint density at radius 3 is 2.20 bits per heavy atom. The van der Waals surface area contributed by atoms with Crippen molar-refractivity contribution in [3.8, 4) is 5.75 Å². The summed E-state index contributed by atoms with van der Waals surface area (Å²) in [7, 11) is 0. The fourth-order valence-corrected chi connectivity index (χ4v) is 1.12. The largest absolute Gasteiger partial charge is 0.505 e. The number of carbonyl (C=O) groups excluding carboxylic acids is 1. The number of aromatic hydroxyl groups is 1. The molecule has 0 saturated heterocycles. The van der Waals surface area contributed by atoms with Crippen LogP contribution in [-0.2, 0) is 0 Å².